The third-order valence-corrected chi connectivity index (χ3v) is 4.05. The molecule has 2 rings (SSSR count). The molecule has 0 aliphatic heterocycles. The lowest BCUT2D eigenvalue weighted by Gasteiger charge is -2.19. The monoisotopic (exact) mass is 495 g/mol. The fraction of sp³-hybridized carbons (Fsp3) is 0.200. The van der Waals surface area contributed by atoms with E-state index in [9.17, 15) is 44.3 Å². The highest BCUT2D eigenvalue weighted by Gasteiger charge is 2.40. The minimum absolute atomic E-state index is 0.0345. The molecule has 0 saturated carbocycles. The van der Waals surface area contributed by atoms with Gasteiger partial charge in [0.2, 0.25) is 5.95 Å². The van der Waals surface area contributed by atoms with Gasteiger partial charge < -0.3 is 5.32 Å². The Kier molecular flexibility index (Phi) is 5.80. The summed E-state index contributed by atoms with van der Waals surface area (Å²) in [5, 5.41) is 1.73. The first-order chi connectivity index (χ1) is 13.1. The van der Waals surface area contributed by atoms with Gasteiger partial charge in [0.1, 0.15) is 0 Å². The minimum atomic E-state index is -5.18. The highest BCUT2D eigenvalue weighted by molar-refractivity contribution is 9.10. The zero-order chi connectivity index (χ0) is 22.4. The number of nitrogens with zero attached hydrogens (tertiary/aromatic N) is 2. The summed E-state index contributed by atoms with van der Waals surface area (Å²) in [4.78, 5) is 14.8. The summed E-state index contributed by atoms with van der Waals surface area (Å²) in [6, 6.07) is 0.197. The Morgan fingerprint density at radius 2 is 1.48 bits per heavy atom. The lowest BCUT2D eigenvalue weighted by atomic mass is 10.1. The van der Waals surface area contributed by atoms with Gasteiger partial charge in [-0.3, -0.25) is 9.36 Å². The van der Waals surface area contributed by atoms with Crippen molar-refractivity contribution in [3.05, 3.63) is 56.4 Å². The average Bonchev–Trinajstić information content (AvgIpc) is 2.53. The quantitative estimate of drug-likeness (QED) is 0.539. The van der Waals surface area contributed by atoms with Gasteiger partial charge in [0.15, 0.2) is 5.69 Å². The van der Waals surface area contributed by atoms with Gasteiger partial charge in [-0.2, -0.15) is 39.5 Å². The maximum atomic E-state index is 13.3. The predicted octanol–water partition coefficient (Wildman–Crippen LogP) is 5.91. The standard InChI is InChI=1S/C15H7BrF9N3O/c1-2-28-11(29)5-10(15(23,24)25)27-12(28)26-9-4-6(13(17,18)19)8(16)3-7(9)14(20,21)22/h2-5H,1H2,(H,26,27). The highest BCUT2D eigenvalue weighted by Crippen LogP contribution is 2.43. The van der Waals surface area contributed by atoms with Crippen LogP contribution in [0.15, 0.2) is 34.0 Å². The van der Waals surface area contributed by atoms with Crippen LogP contribution in [0.3, 0.4) is 0 Å². The molecule has 4 nitrogen and oxygen atoms in total. The molecule has 0 atom stereocenters. The predicted molar refractivity (Wildman–Crippen MR) is 87.3 cm³/mol. The van der Waals surface area contributed by atoms with Gasteiger partial charge in [0.25, 0.3) is 5.56 Å². The van der Waals surface area contributed by atoms with Crippen LogP contribution in [0.25, 0.3) is 6.20 Å². The second-order valence-electron chi connectivity index (χ2n) is 5.35. The van der Waals surface area contributed by atoms with Gasteiger partial charge in [-0.25, -0.2) is 4.98 Å². The molecule has 1 heterocycles. The van der Waals surface area contributed by atoms with Crippen LogP contribution in [0.2, 0.25) is 0 Å². The number of aromatic nitrogens is 2. The number of benzene rings is 1. The largest absolute Gasteiger partial charge is 0.433 e. The molecule has 0 unspecified atom stereocenters. The first-order valence-corrected chi connectivity index (χ1v) is 7.93. The van der Waals surface area contributed by atoms with Gasteiger partial charge in [0.05, 0.1) is 16.8 Å². The van der Waals surface area contributed by atoms with Crippen molar-refractivity contribution in [2.24, 2.45) is 0 Å². The maximum absolute atomic E-state index is 13.3. The van der Waals surface area contributed by atoms with Gasteiger partial charge in [0, 0.05) is 16.7 Å². The van der Waals surface area contributed by atoms with E-state index in [4.69, 9.17) is 0 Å². The van der Waals surface area contributed by atoms with Crippen LogP contribution < -0.4 is 10.9 Å². The fourth-order valence-corrected chi connectivity index (χ4v) is 2.72. The third-order valence-electron chi connectivity index (χ3n) is 3.39. The van der Waals surface area contributed by atoms with Crippen molar-refractivity contribution in [1.29, 1.82) is 0 Å². The molecule has 0 fully saturated rings. The van der Waals surface area contributed by atoms with Gasteiger partial charge in [-0.15, -0.1) is 0 Å². The number of anilines is 2. The van der Waals surface area contributed by atoms with Gasteiger partial charge >= 0.3 is 18.5 Å². The fourth-order valence-electron chi connectivity index (χ4n) is 2.15. The summed E-state index contributed by atoms with van der Waals surface area (Å²) in [6.07, 6.45) is -14.8. The van der Waals surface area contributed by atoms with Crippen LogP contribution in [-0.4, -0.2) is 9.55 Å². The van der Waals surface area contributed by atoms with Crippen LogP contribution >= 0.6 is 15.9 Å². The molecular weight excluding hydrogens is 489 g/mol. The van der Waals surface area contributed by atoms with E-state index in [-0.39, 0.29) is 18.2 Å². The molecule has 0 amide bonds. The van der Waals surface area contributed by atoms with Crippen molar-refractivity contribution >= 4 is 33.8 Å². The second kappa shape index (κ2) is 7.39. The summed E-state index contributed by atoms with van der Waals surface area (Å²) >= 11 is 2.39. The Morgan fingerprint density at radius 1 is 0.931 bits per heavy atom. The van der Waals surface area contributed by atoms with Crippen molar-refractivity contribution in [3.8, 4) is 0 Å². The molecule has 14 heteroatoms. The van der Waals surface area contributed by atoms with E-state index >= 15 is 0 Å². The van der Waals surface area contributed by atoms with E-state index in [1.54, 1.807) is 5.32 Å². The van der Waals surface area contributed by atoms with Crippen molar-refractivity contribution in [2.75, 3.05) is 5.32 Å². The molecule has 2 aromatic rings. The normalized spacial score (nSPS) is 12.8. The van der Waals surface area contributed by atoms with Crippen molar-refractivity contribution in [1.82, 2.24) is 9.55 Å². The second-order valence-corrected chi connectivity index (χ2v) is 6.21. The molecule has 29 heavy (non-hydrogen) atoms. The molecular formula is C15H7BrF9N3O. The van der Waals surface area contributed by atoms with Gasteiger partial charge in [-0.05, 0) is 12.1 Å². The first-order valence-electron chi connectivity index (χ1n) is 7.14. The lowest BCUT2D eigenvalue weighted by molar-refractivity contribution is -0.141. The van der Waals surface area contributed by atoms with Crippen LogP contribution in [0.1, 0.15) is 16.8 Å². The van der Waals surface area contributed by atoms with E-state index in [0.29, 0.717) is 10.8 Å². The smallest absolute Gasteiger partial charge is 0.325 e. The number of hydrogen-bond acceptors (Lipinski definition) is 3. The Hall–Kier alpha value is -2.51. The van der Waals surface area contributed by atoms with E-state index in [0.717, 1.165) is 0 Å². The molecule has 158 valence electrons. The number of rotatable bonds is 3. The first kappa shape index (κ1) is 22.8. The Labute approximate surface area is 163 Å². The van der Waals surface area contributed by atoms with Crippen LogP contribution in [-0.2, 0) is 18.5 Å². The molecule has 1 aromatic carbocycles. The van der Waals surface area contributed by atoms with Crippen molar-refractivity contribution in [2.45, 2.75) is 18.5 Å². The molecule has 0 saturated heterocycles. The van der Waals surface area contributed by atoms with Crippen LogP contribution in [0, 0.1) is 0 Å². The van der Waals surface area contributed by atoms with Gasteiger partial charge in [-0.1, -0.05) is 22.5 Å². The Balaban J connectivity index is 2.78. The maximum Gasteiger partial charge on any atom is 0.433 e. The topological polar surface area (TPSA) is 46.9 Å². The molecule has 1 N–H and O–H groups in total. The van der Waals surface area contributed by atoms with Crippen molar-refractivity contribution in [3.63, 3.8) is 0 Å². The average molecular weight is 496 g/mol. The molecule has 1 aromatic heterocycles. The third kappa shape index (κ3) is 4.92. The molecule has 0 spiro atoms. The Morgan fingerprint density at radius 3 is 1.93 bits per heavy atom. The highest BCUT2D eigenvalue weighted by atomic mass is 79.9. The molecule has 0 radical (unpaired) electrons. The molecule has 0 aliphatic rings. The van der Waals surface area contributed by atoms with E-state index in [1.165, 1.54) is 0 Å². The lowest BCUT2D eigenvalue weighted by Crippen LogP contribution is -2.24. The summed E-state index contributed by atoms with van der Waals surface area (Å²) in [5.41, 5.74) is -7.57. The van der Waals surface area contributed by atoms with E-state index in [1.807, 2.05) is 0 Å². The SMILES string of the molecule is C=Cn1c(Nc2cc(C(F)(F)F)c(Br)cc2C(F)(F)F)nc(C(F)(F)F)cc1=O. The van der Waals surface area contributed by atoms with E-state index in [2.05, 4.69) is 27.5 Å². The van der Waals surface area contributed by atoms with E-state index < -0.39 is 57.0 Å². The summed E-state index contributed by atoms with van der Waals surface area (Å²) in [6.45, 7) is 3.12. The number of hydrogen-bond donors (Lipinski definition) is 1. The summed E-state index contributed by atoms with van der Waals surface area (Å²) in [7, 11) is 0. The minimum Gasteiger partial charge on any atom is -0.325 e. The van der Waals surface area contributed by atoms with Crippen molar-refractivity contribution < 1.29 is 39.5 Å². The molecule has 0 aliphatic carbocycles. The van der Waals surface area contributed by atoms with Crippen LogP contribution in [0.4, 0.5) is 51.1 Å². The number of halogens is 10. The summed E-state index contributed by atoms with van der Waals surface area (Å²) < 4.78 is 117. The van der Waals surface area contributed by atoms with Crippen LogP contribution in [0.5, 0.6) is 0 Å². The Bertz CT molecular complexity index is 1010. The molecule has 0 bridgehead atoms. The summed E-state index contributed by atoms with van der Waals surface area (Å²) in [5.74, 6) is -1.11. The number of alkyl halides is 9. The number of nitrogens with one attached hydrogen (secondary N) is 1. The zero-order valence-corrected chi connectivity index (χ0v) is 15.2. The zero-order valence-electron chi connectivity index (χ0n) is 13.6.